The van der Waals surface area contributed by atoms with E-state index in [4.69, 9.17) is 14.7 Å². The molecule has 1 atom stereocenters. The van der Waals surface area contributed by atoms with Crippen LogP contribution in [0.5, 0.6) is 0 Å². The number of rotatable bonds is 11. The Bertz CT molecular complexity index is 954. The third-order valence-corrected chi connectivity index (χ3v) is 9.58. The van der Waals surface area contributed by atoms with Gasteiger partial charge >= 0.3 is 0 Å². The van der Waals surface area contributed by atoms with Gasteiger partial charge in [0.2, 0.25) is 10.0 Å². The highest BCUT2D eigenvalue weighted by molar-refractivity contribution is 8.08. The molecule has 28 heavy (non-hydrogen) atoms. The lowest BCUT2D eigenvalue weighted by molar-refractivity contribution is 0.150. The zero-order valence-electron chi connectivity index (χ0n) is 16.0. The van der Waals surface area contributed by atoms with Gasteiger partial charge in [-0.15, -0.1) is 0 Å². The standard InChI is InChI=1S/C17H23N3O6S2/c1-4-17(28(23,24)20(8-10-25-2)9-11-26-3)27(21,22)16-7-5-6-14(12-18)15(16)13-19/h5-7,17H,4,8-11H2,1-3H3. The second-order valence-electron chi connectivity index (χ2n) is 5.71. The highest BCUT2D eigenvalue weighted by Gasteiger charge is 2.42. The highest BCUT2D eigenvalue weighted by Crippen LogP contribution is 2.28. The van der Waals surface area contributed by atoms with Gasteiger partial charge < -0.3 is 9.47 Å². The topological polar surface area (TPSA) is 138 Å². The van der Waals surface area contributed by atoms with Crippen LogP contribution in [0.15, 0.2) is 23.1 Å². The molecule has 1 aromatic rings. The molecule has 9 nitrogen and oxygen atoms in total. The Labute approximate surface area is 166 Å². The fourth-order valence-electron chi connectivity index (χ4n) is 2.63. The van der Waals surface area contributed by atoms with E-state index in [1.54, 1.807) is 12.1 Å². The first-order valence-electron chi connectivity index (χ1n) is 8.36. The molecule has 0 aliphatic rings. The van der Waals surface area contributed by atoms with E-state index < -0.39 is 29.3 Å². The van der Waals surface area contributed by atoms with Crippen molar-refractivity contribution in [2.75, 3.05) is 40.5 Å². The zero-order valence-corrected chi connectivity index (χ0v) is 17.6. The van der Waals surface area contributed by atoms with Gasteiger partial charge in [0.1, 0.15) is 12.1 Å². The van der Waals surface area contributed by atoms with E-state index in [1.807, 2.05) is 0 Å². The summed E-state index contributed by atoms with van der Waals surface area (Å²) in [6.07, 6.45) is -0.233. The predicted molar refractivity (Wildman–Crippen MR) is 101 cm³/mol. The second-order valence-corrected chi connectivity index (χ2v) is 10.2. The van der Waals surface area contributed by atoms with E-state index in [2.05, 4.69) is 0 Å². The Balaban J connectivity index is 3.52. The first-order chi connectivity index (χ1) is 13.2. The van der Waals surface area contributed by atoms with Crippen molar-refractivity contribution in [3.8, 4) is 12.1 Å². The number of benzene rings is 1. The van der Waals surface area contributed by atoms with Crippen LogP contribution in [0.2, 0.25) is 0 Å². The largest absolute Gasteiger partial charge is 0.383 e. The maximum atomic E-state index is 13.2. The average molecular weight is 430 g/mol. The molecule has 0 N–H and O–H groups in total. The fraction of sp³-hybridized carbons (Fsp3) is 0.529. The van der Waals surface area contributed by atoms with Gasteiger partial charge in [-0.3, -0.25) is 0 Å². The van der Waals surface area contributed by atoms with Gasteiger partial charge in [-0.25, -0.2) is 16.8 Å². The molecule has 0 aromatic heterocycles. The average Bonchev–Trinajstić information content (AvgIpc) is 2.67. The van der Waals surface area contributed by atoms with Crippen molar-refractivity contribution in [2.24, 2.45) is 0 Å². The molecule has 0 saturated heterocycles. The third kappa shape index (κ3) is 5.07. The molecular formula is C17H23N3O6S2. The Morgan fingerprint density at radius 2 is 1.61 bits per heavy atom. The van der Waals surface area contributed by atoms with E-state index in [-0.39, 0.29) is 43.9 Å². The van der Waals surface area contributed by atoms with Gasteiger partial charge in [0.05, 0.1) is 29.2 Å². The van der Waals surface area contributed by atoms with Crippen LogP contribution in [0.1, 0.15) is 24.5 Å². The molecule has 0 amide bonds. The maximum Gasteiger partial charge on any atom is 0.232 e. The molecule has 0 aliphatic carbocycles. The van der Waals surface area contributed by atoms with Crippen molar-refractivity contribution in [1.82, 2.24) is 4.31 Å². The second kappa shape index (κ2) is 10.5. The first-order valence-corrected chi connectivity index (χ1v) is 11.4. The minimum Gasteiger partial charge on any atom is -0.383 e. The van der Waals surface area contributed by atoms with Gasteiger partial charge in [0.25, 0.3) is 0 Å². The van der Waals surface area contributed by atoms with Crippen LogP contribution in [-0.4, -0.2) is 66.2 Å². The van der Waals surface area contributed by atoms with Gasteiger partial charge in [-0.2, -0.15) is 14.8 Å². The smallest absolute Gasteiger partial charge is 0.232 e. The van der Waals surface area contributed by atoms with Crippen molar-refractivity contribution in [3.05, 3.63) is 29.3 Å². The minimum atomic E-state index is -4.46. The number of nitriles is 2. The molecule has 1 aromatic carbocycles. The van der Waals surface area contributed by atoms with Crippen molar-refractivity contribution < 1.29 is 26.3 Å². The van der Waals surface area contributed by atoms with E-state index in [9.17, 15) is 22.1 Å². The van der Waals surface area contributed by atoms with Gasteiger partial charge in [0.15, 0.2) is 14.4 Å². The number of sulfone groups is 1. The van der Waals surface area contributed by atoms with E-state index in [1.165, 1.54) is 33.3 Å². The van der Waals surface area contributed by atoms with Crippen molar-refractivity contribution in [3.63, 3.8) is 0 Å². The number of ether oxygens (including phenoxy) is 2. The first kappa shape index (κ1) is 24.0. The van der Waals surface area contributed by atoms with Crippen LogP contribution in [0.4, 0.5) is 0 Å². The van der Waals surface area contributed by atoms with E-state index >= 15 is 0 Å². The summed E-state index contributed by atoms with van der Waals surface area (Å²) in [5.41, 5.74) is -0.495. The lowest BCUT2D eigenvalue weighted by atomic mass is 10.1. The molecule has 154 valence electrons. The quantitative estimate of drug-likeness (QED) is 0.505. The number of methoxy groups -OCH3 is 2. The molecule has 0 heterocycles. The predicted octanol–water partition coefficient (Wildman–Crippen LogP) is 0.864. The molecule has 0 saturated carbocycles. The zero-order chi connectivity index (χ0) is 21.4. The van der Waals surface area contributed by atoms with Crippen LogP contribution >= 0.6 is 0 Å². The van der Waals surface area contributed by atoms with Crippen LogP contribution < -0.4 is 0 Å². The summed E-state index contributed by atoms with van der Waals surface area (Å²) in [5.74, 6) is 0. The monoisotopic (exact) mass is 429 g/mol. The summed E-state index contributed by atoms with van der Waals surface area (Å²) in [5, 5.41) is 18.5. The number of hydrogen-bond acceptors (Lipinski definition) is 8. The summed E-state index contributed by atoms with van der Waals surface area (Å²) in [4.78, 5) is -0.470. The van der Waals surface area contributed by atoms with Crippen LogP contribution in [-0.2, 0) is 29.3 Å². The minimum absolute atomic E-state index is 0.0441. The van der Waals surface area contributed by atoms with E-state index in [0.717, 1.165) is 10.4 Å². The van der Waals surface area contributed by atoms with Crippen LogP contribution in [0.3, 0.4) is 0 Å². The van der Waals surface area contributed by atoms with E-state index in [0.29, 0.717) is 0 Å². The van der Waals surface area contributed by atoms with Gasteiger partial charge in [-0.1, -0.05) is 13.0 Å². The normalized spacial score (nSPS) is 13.1. The Morgan fingerprint density at radius 3 is 2.04 bits per heavy atom. The van der Waals surface area contributed by atoms with Crippen molar-refractivity contribution in [2.45, 2.75) is 22.8 Å². The van der Waals surface area contributed by atoms with Crippen molar-refractivity contribution in [1.29, 1.82) is 10.5 Å². The van der Waals surface area contributed by atoms with Gasteiger partial charge in [-0.05, 0) is 18.6 Å². The summed E-state index contributed by atoms with van der Waals surface area (Å²) < 4.78 is 61.7. The molecule has 0 spiro atoms. The highest BCUT2D eigenvalue weighted by atomic mass is 32.3. The Morgan fingerprint density at radius 1 is 1.04 bits per heavy atom. The molecule has 0 bridgehead atoms. The summed E-state index contributed by atoms with van der Waals surface area (Å²) in [7, 11) is -5.97. The fourth-order valence-corrected chi connectivity index (χ4v) is 7.43. The van der Waals surface area contributed by atoms with Crippen LogP contribution in [0.25, 0.3) is 0 Å². The maximum absolute atomic E-state index is 13.2. The lowest BCUT2D eigenvalue weighted by Gasteiger charge is -2.27. The lowest BCUT2D eigenvalue weighted by Crippen LogP contribution is -2.45. The molecule has 0 radical (unpaired) electrons. The summed E-state index contributed by atoms with van der Waals surface area (Å²) in [6.45, 7) is 1.50. The number of sulfonamides is 1. The molecule has 1 unspecified atom stereocenters. The van der Waals surface area contributed by atoms with Gasteiger partial charge in [0, 0.05) is 27.3 Å². The summed E-state index contributed by atoms with van der Waals surface area (Å²) in [6, 6.07) is 7.20. The summed E-state index contributed by atoms with van der Waals surface area (Å²) >= 11 is 0. The Kier molecular flexibility index (Phi) is 9.01. The Hall–Kier alpha value is -2.02. The van der Waals surface area contributed by atoms with Crippen LogP contribution in [0, 0.1) is 22.7 Å². The number of nitrogens with zero attached hydrogens (tertiary/aromatic N) is 3. The molecule has 0 aliphatic heterocycles. The number of hydrogen-bond donors (Lipinski definition) is 0. The molecule has 0 fully saturated rings. The third-order valence-electron chi connectivity index (χ3n) is 4.03. The molecule has 11 heteroatoms. The molecular weight excluding hydrogens is 406 g/mol. The SMILES string of the molecule is CCC(S(=O)(=O)c1cccc(C#N)c1C#N)S(=O)(=O)N(CCOC)CCOC. The van der Waals surface area contributed by atoms with Crippen molar-refractivity contribution >= 4 is 19.9 Å². The molecule has 1 rings (SSSR count).